The van der Waals surface area contributed by atoms with E-state index in [4.69, 9.17) is 0 Å². The lowest BCUT2D eigenvalue weighted by molar-refractivity contribution is -0.141. The van der Waals surface area contributed by atoms with E-state index in [1.54, 1.807) is 6.92 Å². The van der Waals surface area contributed by atoms with Crippen molar-refractivity contribution in [1.82, 2.24) is 34.7 Å². The van der Waals surface area contributed by atoms with Gasteiger partial charge in [0.15, 0.2) is 11.3 Å². The molecular weight excluding hydrogens is 499 g/mol. The number of rotatable bonds is 5. The first-order valence-electron chi connectivity index (χ1n) is 11.1. The molecule has 5 rings (SSSR count). The number of nitrogens with one attached hydrogen (secondary N) is 1. The third-order valence-electron chi connectivity index (χ3n) is 6.49. The summed E-state index contributed by atoms with van der Waals surface area (Å²) >= 11 is 0. The monoisotopic (exact) mass is 516 g/mol. The number of hydrogen-bond acceptors (Lipinski definition) is 7. The van der Waals surface area contributed by atoms with Crippen LogP contribution in [0.15, 0.2) is 35.4 Å². The summed E-state index contributed by atoms with van der Waals surface area (Å²) in [6, 6.07) is 4.34. The standard InChI is InChI=1S/C23H17F5N8O/c1-10(11-2-5-16(31-9-11)23(26,27)28)36-21-17(15(8-29)35-36)22(37)34-20(33-21)13-4-3-12(13)19-30-7-6-14(32-19)18(24)25/h2,5-7,9-10,12-13,18H,3-4H2,1H3,(H,33,34,37)/t10-,12+,13?/m0/s1. The van der Waals surface area contributed by atoms with Crippen LogP contribution in [0.1, 0.15) is 78.4 Å². The maximum Gasteiger partial charge on any atom is 0.433 e. The van der Waals surface area contributed by atoms with Gasteiger partial charge < -0.3 is 4.98 Å². The van der Waals surface area contributed by atoms with E-state index in [9.17, 15) is 32.0 Å². The minimum Gasteiger partial charge on any atom is -0.310 e. The molecule has 37 heavy (non-hydrogen) atoms. The molecule has 1 saturated carbocycles. The average Bonchev–Trinajstić information content (AvgIpc) is 3.22. The summed E-state index contributed by atoms with van der Waals surface area (Å²) < 4.78 is 66.2. The fourth-order valence-electron chi connectivity index (χ4n) is 4.37. The SMILES string of the molecule is C[C@@H](c1ccc(C(F)(F)F)nc1)n1nc(C#N)c2c(=O)[nH]c(C3CC[C@H]3c3nccc(C(F)F)n3)nc21. The Bertz CT molecular complexity index is 1570. The summed E-state index contributed by atoms with van der Waals surface area (Å²) in [6.45, 7) is 1.62. The van der Waals surface area contributed by atoms with Crippen LogP contribution in [0, 0.1) is 11.3 Å². The van der Waals surface area contributed by atoms with Gasteiger partial charge in [-0.3, -0.25) is 9.78 Å². The van der Waals surface area contributed by atoms with E-state index in [1.807, 2.05) is 6.07 Å². The first-order valence-corrected chi connectivity index (χ1v) is 11.1. The van der Waals surface area contributed by atoms with Gasteiger partial charge >= 0.3 is 6.18 Å². The number of fused-ring (bicyclic) bond motifs is 1. The van der Waals surface area contributed by atoms with E-state index < -0.39 is 35.6 Å². The van der Waals surface area contributed by atoms with Crippen molar-refractivity contribution in [3.63, 3.8) is 0 Å². The zero-order valence-electron chi connectivity index (χ0n) is 19.0. The molecule has 4 heterocycles. The molecule has 0 aliphatic heterocycles. The van der Waals surface area contributed by atoms with Gasteiger partial charge in [-0.15, -0.1) is 0 Å². The second-order valence-corrected chi connectivity index (χ2v) is 8.64. The molecule has 0 spiro atoms. The number of nitrogens with zero attached hydrogens (tertiary/aromatic N) is 7. The van der Waals surface area contributed by atoms with E-state index >= 15 is 0 Å². The Hall–Kier alpha value is -4.28. The molecule has 0 amide bonds. The van der Waals surface area contributed by atoms with E-state index in [2.05, 4.69) is 30.0 Å². The number of halogens is 5. The largest absolute Gasteiger partial charge is 0.433 e. The van der Waals surface area contributed by atoms with Gasteiger partial charge in [0, 0.05) is 24.2 Å². The van der Waals surface area contributed by atoms with Crippen LogP contribution in [0.5, 0.6) is 0 Å². The summed E-state index contributed by atoms with van der Waals surface area (Å²) in [5.74, 6) is -0.264. The Morgan fingerprint density at radius 1 is 1.14 bits per heavy atom. The zero-order chi connectivity index (χ0) is 26.5. The van der Waals surface area contributed by atoms with Gasteiger partial charge in [0.05, 0.1) is 6.04 Å². The van der Waals surface area contributed by atoms with E-state index in [0.717, 1.165) is 18.3 Å². The third kappa shape index (κ3) is 4.30. The molecule has 190 valence electrons. The lowest BCUT2D eigenvalue weighted by Gasteiger charge is -2.34. The van der Waals surface area contributed by atoms with Gasteiger partial charge in [-0.1, -0.05) is 6.07 Å². The Labute approximate surface area is 205 Å². The predicted molar refractivity (Wildman–Crippen MR) is 118 cm³/mol. The summed E-state index contributed by atoms with van der Waals surface area (Å²) in [6.07, 6.45) is -3.87. The molecule has 14 heteroatoms. The van der Waals surface area contributed by atoms with Crippen molar-refractivity contribution >= 4 is 11.0 Å². The Morgan fingerprint density at radius 2 is 1.89 bits per heavy atom. The van der Waals surface area contributed by atoms with Gasteiger partial charge in [0.2, 0.25) is 0 Å². The van der Waals surface area contributed by atoms with Crippen LogP contribution >= 0.6 is 0 Å². The second-order valence-electron chi connectivity index (χ2n) is 8.64. The van der Waals surface area contributed by atoms with E-state index in [-0.39, 0.29) is 40.2 Å². The molecule has 1 unspecified atom stereocenters. The van der Waals surface area contributed by atoms with Crippen molar-refractivity contribution in [1.29, 1.82) is 5.26 Å². The number of aromatic amines is 1. The molecular formula is C23H17F5N8O. The van der Waals surface area contributed by atoms with Crippen LogP contribution in [0.2, 0.25) is 0 Å². The number of aromatic nitrogens is 7. The second kappa shape index (κ2) is 8.99. The number of hydrogen-bond donors (Lipinski definition) is 1. The predicted octanol–water partition coefficient (Wildman–Crippen LogP) is 4.40. The van der Waals surface area contributed by atoms with Crippen LogP contribution in [0.3, 0.4) is 0 Å². The molecule has 0 radical (unpaired) electrons. The minimum atomic E-state index is -4.60. The molecule has 1 fully saturated rings. The summed E-state index contributed by atoms with van der Waals surface area (Å²) in [7, 11) is 0. The van der Waals surface area contributed by atoms with Crippen molar-refractivity contribution in [2.24, 2.45) is 0 Å². The van der Waals surface area contributed by atoms with Crippen LogP contribution < -0.4 is 5.56 Å². The summed E-state index contributed by atoms with van der Waals surface area (Å²) in [4.78, 5) is 31.7. The number of H-pyrrole nitrogens is 1. The van der Waals surface area contributed by atoms with Crippen molar-refractivity contribution in [3.05, 3.63) is 75.2 Å². The zero-order valence-corrected chi connectivity index (χ0v) is 19.0. The molecule has 0 aromatic carbocycles. The normalized spacial score (nSPS) is 18.5. The fourth-order valence-corrected chi connectivity index (χ4v) is 4.37. The first kappa shape index (κ1) is 24.4. The molecule has 0 saturated heterocycles. The quantitative estimate of drug-likeness (QED) is 0.390. The Balaban J connectivity index is 1.55. The minimum absolute atomic E-state index is 0.0650. The molecule has 4 aromatic rings. The van der Waals surface area contributed by atoms with Crippen molar-refractivity contribution < 1.29 is 22.0 Å². The summed E-state index contributed by atoms with van der Waals surface area (Å²) in [5, 5.41) is 13.6. The molecule has 9 nitrogen and oxygen atoms in total. The molecule has 0 bridgehead atoms. The first-order chi connectivity index (χ1) is 17.6. The molecule has 3 atom stereocenters. The number of nitriles is 1. The van der Waals surface area contributed by atoms with E-state index in [0.29, 0.717) is 18.4 Å². The highest BCUT2D eigenvalue weighted by molar-refractivity contribution is 5.80. The highest BCUT2D eigenvalue weighted by Crippen LogP contribution is 2.47. The van der Waals surface area contributed by atoms with Gasteiger partial charge in [-0.2, -0.15) is 23.5 Å². The Morgan fingerprint density at radius 3 is 2.49 bits per heavy atom. The van der Waals surface area contributed by atoms with Crippen LogP contribution in [0.25, 0.3) is 11.0 Å². The van der Waals surface area contributed by atoms with Crippen molar-refractivity contribution in [3.8, 4) is 6.07 Å². The maximum absolute atomic E-state index is 13.1. The number of alkyl halides is 5. The van der Waals surface area contributed by atoms with Gasteiger partial charge in [0.25, 0.3) is 12.0 Å². The number of pyridine rings is 1. The highest BCUT2D eigenvalue weighted by Gasteiger charge is 2.38. The van der Waals surface area contributed by atoms with Gasteiger partial charge in [-0.05, 0) is 37.5 Å². The van der Waals surface area contributed by atoms with E-state index in [1.165, 1.54) is 16.9 Å². The molecule has 1 aliphatic rings. The Kier molecular flexibility index (Phi) is 5.93. The topological polar surface area (TPSA) is 126 Å². The average molecular weight is 516 g/mol. The summed E-state index contributed by atoms with van der Waals surface area (Å²) in [5.41, 5.74) is -1.85. The fraction of sp³-hybridized carbons (Fsp3) is 0.348. The van der Waals surface area contributed by atoms with Crippen LogP contribution in [-0.2, 0) is 6.18 Å². The molecule has 4 aromatic heterocycles. The highest BCUT2D eigenvalue weighted by atomic mass is 19.4. The lowest BCUT2D eigenvalue weighted by atomic mass is 9.72. The van der Waals surface area contributed by atoms with Crippen LogP contribution in [-0.4, -0.2) is 34.7 Å². The van der Waals surface area contributed by atoms with Crippen molar-refractivity contribution in [2.75, 3.05) is 0 Å². The molecule has 1 N–H and O–H groups in total. The van der Waals surface area contributed by atoms with Crippen LogP contribution in [0.4, 0.5) is 22.0 Å². The van der Waals surface area contributed by atoms with Crippen molar-refractivity contribution in [2.45, 2.75) is 50.2 Å². The third-order valence-corrected chi connectivity index (χ3v) is 6.49. The molecule has 1 aliphatic carbocycles. The van der Waals surface area contributed by atoms with Gasteiger partial charge in [-0.25, -0.2) is 28.4 Å². The maximum atomic E-state index is 13.1. The lowest BCUT2D eigenvalue weighted by Crippen LogP contribution is -2.28. The smallest absolute Gasteiger partial charge is 0.310 e. The van der Waals surface area contributed by atoms with Gasteiger partial charge in [0.1, 0.15) is 34.5 Å².